The van der Waals surface area contributed by atoms with Crippen LogP contribution >= 0.6 is 0 Å². The van der Waals surface area contributed by atoms with Crippen LogP contribution in [0.2, 0.25) is 0 Å². The van der Waals surface area contributed by atoms with Gasteiger partial charge in [-0.2, -0.15) is 0 Å². The van der Waals surface area contributed by atoms with Gasteiger partial charge < -0.3 is 14.2 Å². The normalized spacial score (nSPS) is 21.3. The summed E-state index contributed by atoms with van der Waals surface area (Å²) in [6.45, 7) is 0. The third kappa shape index (κ3) is 5.33. The molecule has 2 heterocycles. The second-order valence-electron chi connectivity index (χ2n) is 15.0. The number of rotatable bonds is 6. The van der Waals surface area contributed by atoms with Gasteiger partial charge >= 0.3 is 0 Å². The van der Waals surface area contributed by atoms with Crippen molar-refractivity contribution in [1.82, 2.24) is 4.57 Å². The molecule has 0 spiro atoms. The largest absolute Gasteiger partial charge is 0.453 e. The zero-order valence-corrected chi connectivity index (χ0v) is 29.1. The highest BCUT2D eigenvalue weighted by molar-refractivity contribution is 6.16. The Morgan fingerprint density at radius 3 is 1.61 bits per heavy atom. The Bertz CT molecular complexity index is 2250. The van der Waals surface area contributed by atoms with E-state index in [0.29, 0.717) is 23.9 Å². The summed E-state index contributed by atoms with van der Waals surface area (Å²) >= 11 is 0. The van der Waals surface area contributed by atoms with Gasteiger partial charge in [0.25, 0.3) is 0 Å². The fourth-order valence-electron chi connectivity index (χ4n) is 9.84. The van der Waals surface area contributed by atoms with Crippen molar-refractivity contribution in [3.8, 4) is 28.3 Å². The van der Waals surface area contributed by atoms with Gasteiger partial charge in [-0.15, -0.1) is 0 Å². The molecule has 3 aliphatic rings. The topological polar surface area (TPSA) is 17.4 Å². The van der Waals surface area contributed by atoms with Crippen LogP contribution in [0.3, 0.4) is 0 Å². The number of fused-ring (bicyclic) bond motifs is 5. The summed E-state index contributed by atoms with van der Waals surface area (Å²) < 4.78 is 8.85. The second-order valence-corrected chi connectivity index (χ2v) is 15.0. The molecule has 0 amide bonds. The van der Waals surface area contributed by atoms with E-state index in [0.717, 1.165) is 22.7 Å². The summed E-state index contributed by atoms with van der Waals surface area (Å²) in [6, 6.07) is 54.9. The summed E-state index contributed by atoms with van der Waals surface area (Å²) in [5.41, 5.74) is 10.4. The van der Waals surface area contributed by atoms with E-state index in [4.69, 9.17) is 4.74 Å². The molecule has 0 bridgehead atoms. The lowest BCUT2D eigenvalue weighted by Gasteiger charge is -2.45. The predicted molar refractivity (Wildman–Crippen MR) is 212 cm³/mol. The first-order valence-corrected chi connectivity index (χ1v) is 19.1. The van der Waals surface area contributed by atoms with Gasteiger partial charge in [0.2, 0.25) is 0 Å². The Hall–Kier alpha value is -5.28. The number of anilines is 1. The molecule has 0 N–H and O–H groups in total. The first kappa shape index (κ1) is 30.5. The minimum Gasteiger partial charge on any atom is -0.453 e. The SMILES string of the molecule is c1ccc(C2CCC(N(c3ccc(-c4cccc5c6cccc7c6n(c45)-c4ccccc4O7)cc3)C3CCC(c4ccccc4)CC3)CC2)cc1. The second kappa shape index (κ2) is 12.8. The third-order valence-electron chi connectivity index (χ3n) is 12.3. The number of ether oxygens (including phenoxy) is 1. The van der Waals surface area contributed by atoms with Crippen molar-refractivity contribution >= 4 is 27.5 Å². The van der Waals surface area contributed by atoms with Gasteiger partial charge in [0.1, 0.15) is 0 Å². The molecule has 0 saturated heterocycles. The Labute approximate surface area is 301 Å². The van der Waals surface area contributed by atoms with Crippen molar-refractivity contribution in [2.75, 3.05) is 4.90 Å². The number of nitrogens with zero attached hydrogens (tertiary/aromatic N) is 2. The molecule has 252 valence electrons. The molecule has 3 heteroatoms. The van der Waals surface area contributed by atoms with Gasteiger partial charge in [-0.05, 0) is 110 Å². The molecular formula is C48H44N2O. The summed E-state index contributed by atoms with van der Waals surface area (Å²) in [5, 5.41) is 2.50. The van der Waals surface area contributed by atoms with Crippen molar-refractivity contribution in [2.24, 2.45) is 0 Å². The van der Waals surface area contributed by atoms with E-state index in [9.17, 15) is 0 Å². The van der Waals surface area contributed by atoms with E-state index in [2.05, 4.69) is 155 Å². The molecule has 1 aliphatic heterocycles. The van der Waals surface area contributed by atoms with E-state index >= 15 is 0 Å². The zero-order valence-electron chi connectivity index (χ0n) is 29.1. The van der Waals surface area contributed by atoms with E-state index in [-0.39, 0.29) is 0 Å². The highest BCUT2D eigenvalue weighted by Gasteiger charge is 2.34. The van der Waals surface area contributed by atoms with Crippen molar-refractivity contribution < 1.29 is 4.74 Å². The standard InChI is InChI=1S/C48H44N2O/c1-3-11-33(12-4-1)35-21-27-38(28-22-35)49(39-29-23-36(24-30-39)34-13-5-2-6-14-34)40-31-25-37(26-32-40)41-15-9-16-42-43-17-10-20-46-48(43)50(47(41)42)44-18-7-8-19-45(44)51-46/h1-20,25-26,31-32,35-36,38-39H,21-24,27-30H2. The quantitative estimate of drug-likeness (QED) is 0.176. The molecule has 0 unspecified atom stereocenters. The van der Waals surface area contributed by atoms with Crippen molar-refractivity contribution in [2.45, 2.75) is 75.3 Å². The van der Waals surface area contributed by atoms with Gasteiger partial charge in [0, 0.05) is 34.1 Å². The molecule has 2 fully saturated rings. The molecule has 0 atom stereocenters. The van der Waals surface area contributed by atoms with Gasteiger partial charge in [-0.25, -0.2) is 0 Å². The average Bonchev–Trinajstić information content (AvgIpc) is 3.56. The van der Waals surface area contributed by atoms with Crippen LogP contribution in [-0.2, 0) is 0 Å². The van der Waals surface area contributed by atoms with Crippen LogP contribution in [0, 0.1) is 0 Å². The number of hydrogen-bond acceptors (Lipinski definition) is 2. The Morgan fingerprint density at radius 2 is 0.980 bits per heavy atom. The van der Waals surface area contributed by atoms with Gasteiger partial charge in [-0.1, -0.05) is 115 Å². The highest BCUT2D eigenvalue weighted by Crippen LogP contribution is 2.48. The zero-order chi connectivity index (χ0) is 33.7. The van der Waals surface area contributed by atoms with E-state index in [1.54, 1.807) is 0 Å². The molecule has 6 aromatic carbocycles. The number of hydrogen-bond donors (Lipinski definition) is 0. The summed E-state index contributed by atoms with van der Waals surface area (Å²) in [4.78, 5) is 2.88. The maximum atomic E-state index is 6.42. The molecule has 10 rings (SSSR count). The van der Waals surface area contributed by atoms with Gasteiger partial charge in [0.15, 0.2) is 11.5 Å². The molecule has 7 aromatic rings. The fourth-order valence-corrected chi connectivity index (χ4v) is 9.84. The van der Waals surface area contributed by atoms with Crippen LogP contribution in [0.4, 0.5) is 5.69 Å². The number of para-hydroxylation sites is 4. The van der Waals surface area contributed by atoms with Crippen LogP contribution < -0.4 is 9.64 Å². The van der Waals surface area contributed by atoms with E-state index < -0.39 is 0 Å². The lowest BCUT2D eigenvalue weighted by Crippen LogP contribution is -2.46. The van der Waals surface area contributed by atoms with Crippen LogP contribution in [-0.4, -0.2) is 16.7 Å². The van der Waals surface area contributed by atoms with Crippen LogP contribution in [0.25, 0.3) is 38.6 Å². The molecule has 2 aliphatic carbocycles. The Balaban J connectivity index is 1.00. The van der Waals surface area contributed by atoms with E-state index in [1.807, 2.05) is 0 Å². The molecular weight excluding hydrogens is 621 g/mol. The summed E-state index contributed by atoms with van der Waals surface area (Å²) in [6.07, 6.45) is 10.1. The smallest absolute Gasteiger partial charge is 0.152 e. The maximum absolute atomic E-state index is 6.42. The molecule has 1 aromatic heterocycles. The lowest BCUT2D eigenvalue weighted by atomic mass is 9.78. The number of benzene rings is 6. The van der Waals surface area contributed by atoms with Crippen molar-refractivity contribution in [3.05, 3.63) is 157 Å². The highest BCUT2D eigenvalue weighted by atomic mass is 16.5. The van der Waals surface area contributed by atoms with Crippen LogP contribution in [0.15, 0.2) is 146 Å². The van der Waals surface area contributed by atoms with Gasteiger partial charge in [-0.3, -0.25) is 0 Å². The minimum atomic E-state index is 0.577. The molecule has 51 heavy (non-hydrogen) atoms. The van der Waals surface area contributed by atoms with Crippen LogP contribution in [0.1, 0.15) is 74.3 Å². The first-order valence-electron chi connectivity index (χ1n) is 19.1. The maximum Gasteiger partial charge on any atom is 0.152 e. The summed E-state index contributed by atoms with van der Waals surface area (Å²) in [5.74, 6) is 3.18. The first-order chi connectivity index (χ1) is 25.3. The third-order valence-corrected chi connectivity index (χ3v) is 12.3. The monoisotopic (exact) mass is 664 g/mol. The van der Waals surface area contributed by atoms with Crippen molar-refractivity contribution in [1.29, 1.82) is 0 Å². The van der Waals surface area contributed by atoms with Gasteiger partial charge in [0.05, 0.1) is 16.7 Å². The minimum absolute atomic E-state index is 0.577. The Kier molecular flexibility index (Phi) is 7.66. The van der Waals surface area contributed by atoms with Crippen LogP contribution in [0.5, 0.6) is 11.5 Å². The molecule has 0 radical (unpaired) electrons. The Morgan fingerprint density at radius 1 is 0.451 bits per heavy atom. The number of aromatic nitrogens is 1. The average molecular weight is 665 g/mol. The fraction of sp³-hybridized carbons (Fsp3) is 0.250. The lowest BCUT2D eigenvalue weighted by molar-refractivity contribution is 0.310. The molecule has 2 saturated carbocycles. The predicted octanol–water partition coefficient (Wildman–Crippen LogP) is 12.8. The van der Waals surface area contributed by atoms with Crippen molar-refractivity contribution in [3.63, 3.8) is 0 Å². The molecule has 3 nitrogen and oxygen atoms in total. The summed E-state index contributed by atoms with van der Waals surface area (Å²) in [7, 11) is 0. The van der Waals surface area contributed by atoms with E-state index in [1.165, 1.54) is 95.6 Å².